The van der Waals surface area contributed by atoms with Gasteiger partial charge in [-0.3, -0.25) is 0 Å². The lowest BCUT2D eigenvalue weighted by atomic mass is 9.97. The van der Waals surface area contributed by atoms with Crippen molar-refractivity contribution < 1.29 is 0 Å². The van der Waals surface area contributed by atoms with Gasteiger partial charge in [-0.2, -0.15) is 0 Å². The zero-order valence-electron chi connectivity index (χ0n) is 12.6. The minimum atomic E-state index is -0.103. The molecule has 3 rings (SSSR count). The zero-order valence-corrected chi connectivity index (χ0v) is 12.6. The molecular formula is C18H23N3. The molecule has 2 N–H and O–H groups in total. The lowest BCUT2D eigenvalue weighted by Crippen LogP contribution is -2.30. The number of nitrogens with two attached hydrogens (primary N) is 1. The van der Waals surface area contributed by atoms with Crippen LogP contribution in [0.3, 0.4) is 0 Å². The van der Waals surface area contributed by atoms with Gasteiger partial charge in [0.1, 0.15) is 5.82 Å². The summed E-state index contributed by atoms with van der Waals surface area (Å²) in [5, 5.41) is 0. The second-order valence-corrected chi connectivity index (χ2v) is 5.84. The van der Waals surface area contributed by atoms with Gasteiger partial charge >= 0.3 is 0 Å². The molecule has 110 valence electrons. The normalized spacial score (nSPS) is 16.8. The fourth-order valence-electron chi connectivity index (χ4n) is 3.01. The lowest BCUT2D eigenvalue weighted by Gasteiger charge is -2.28. The van der Waals surface area contributed by atoms with Crippen molar-refractivity contribution in [3.63, 3.8) is 0 Å². The summed E-state index contributed by atoms with van der Waals surface area (Å²) in [6.45, 7) is 4.38. The molecule has 2 aromatic rings. The second-order valence-electron chi connectivity index (χ2n) is 5.84. The average Bonchev–Trinajstić information content (AvgIpc) is 2.56. The van der Waals surface area contributed by atoms with Gasteiger partial charge in [0.25, 0.3) is 0 Å². The van der Waals surface area contributed by atoms with Crippen LogP contribution in [0, 0.1) is 6.92 Å². The molecule has 2 heterocycles. The Morgan fingerprint density at radius 3 is 2.48 bits per heavy atom. The summed E-state index contributed by atoms with van der Waals surface area (Å²) < 4.78 is 0. The third-order valence-corrected chi connectivity index (χ3v) is 4.31. The summed E-state index contributed by atoms with van der Waals surface area (Å²) in [7, 11) is 0. The van der Waals surface area contributed by atoms with Crippen LogP contribution in [0.25, 0.3) is 0 Å². The van der Waals surface area contributed by atoms with Crippen LogP contribution >= 0.6 is 0 Å². The molecular weight excluding hydrogens is 258 g/mol. The van der Waals surface area contributed by atoms with Gasteiger partial charge in [0.05, 0.1) is 6.04 Å². The molecule has 1 aromatic heterocycles. The number of piperidine rings is 1. The molecule has 0 spiro atoms. The predicted molar refractivity (Wildman–Crippen MR) is 87.5 cm³/mol. The number of aryl methyl sites for hydroxylation is 1. The Labute approximate surface area is 126 Å². The monoisotopic (exact) mass is 281 g/mol. The van der Waals surface area contributed by atoms with Crippen molar-refractivity contribution in [1.29, 1.82) is 0 Å². The van der Waals surface area contributed by atoms with Crippen molar-refractivity contribution in [1.82, 2.24) is 4.98 Å². The Morgan fingerprint density at radius 1 is 1.10 bits per heavy atom. The van der Waals surface area contributed by atoms with Gasteiger partial charge in [-0.25, -0.2) is 4.98 Å². The summed E-state index contributed by atoms with van der Waals surface area (Å²) in [6.07, 6.45) is 5.83. The van der Waals surface area contributed by atoms with Crippen LogP contribution in [0.4, 0.5) is 5.82 Å². The van der Waals surface area contributed by atoms with Crippen LogP contribution in [0.1, 0.15) is 42.0 Å². The highest BCUT2D eigenvalue weighted by Crippen LogP contribution is 2.25. The molecule has 1 atom stereocenters. The number of hydrogen-bond acceptors (Lipinski definition) is 3. The maximum absolute atomic E-state index is 6.39. The van der Waals surface area contributed by atoms with Crippen LogP contribution in [0.2, 0.25) is 0 Å². The maximum atomic E-state index is 6.39. The van der Waals surface area contributed by atoms with Gasteiger partial charge in [0.2, 0.25) is 0 Å². The quantitative estimate of drug-likeness (QED) is 0.937. The van der Waals surface area contributed by atoms with E-state index in [2.05, 4.69) is 35.0 Å². The first-order chi connectivity index (χ1) is 10.3. The van der Waals surface area contributed by atoms with Crippen LogP contribution in [0.15, 0.2) is 42.6 Å². The first kappa shape index (κ1) is 14.1. The van der Waals surface area contributed by atoms with Gasteiger partial charge in [-0.15, -0.1) is 0 Å². The van der Waals surface area contributed by atoms with Gasteiger partial charge in [0, 0.05) is 19.3 Å². The standard InChI is InChI=1S/C18H23N3/c1-14-12-17(21-10-6-3-7-11-21)20-13-16(14)18(19)15-8-4-2-5-9-15/h2,4-5,8-9,12-13,18H,3,6-7,10-11,19H2,1H3/t18-/m0/s1. The number of aromatic nitrogens is 1. The fraction of sp³-hybridized carbons (Fsp3) is 0.389. The van der Waals surface area contributed by atoms with Crippen molar-refractivity contribution in [2.45, 2.75) is 32.2 Å². The molecule has 0 unspecified atom stereocenters. The third kappa shape index (κ3) is 3.08. The molecule has 1 fully saturated rings. The van der Waals surface area contributed by atoms with E-state index >= 15 is 0 Å². The van der Waals surface area contributed by atoms with E-state index in [0.29, 0.717) is 0 Å². The van der Waals surface area contributed by atoms with E-state index in [-0.39, 0.29) is 6.04 Å². The molecule has 1 aliphatic heterocycles. The second kappa shape index (κ2) is 6.27. The summed E-state index contributed by atoms with van der Waals surface area (Å²) in [6, 6.07) is 12.3. The minimum Gasteiger partial charge on any atom is -0.357 e. The first-order valence-corrected chi connectivity index (χ1v) is 7.78. The van der Waals surface area contributed by atoms with Crippen molar-refractivity contribution in [3.05, 3.63) is 59.3 Å². The van der Waals surface area contributed by atoms with Gasteiger partial charge in [-0.1, -0.05) is 30.3 Å². The molecule has 0 saturated carbocycles. The van der Waals surface area contributed by atoms with Crippen molar-refractivity contribution in [2.75, 3.05) is 18.0 Å². The molecule has 0 radical (unpaired) electrons. The summed E-state index contributed by atoms with van der Waals surface area (Å²) >= 11 is 0. The minimum absolute atomic E-state index is 0.103. The first-order valence-electron chi connectivity index (χ1n) is 7.78. The number of anilines is 1. The van der Waals surface area contributed by atoms with E-state index in [0.717, 1.165) is 30.0 Å². The fourth-order valence-corrected chi connectivity index (χ4v) is 3.01. The topological polar surface area (TPSA) is 42.2 Å². The highest BCUT2D eigenvalue weighted by atomic mass is 15.2. The van der Waals surface area contributed by atoms with E-state index in [4.69, 9.17) is 5.73 Å². The highest BCUT2D eigenvalue weighted by molar-refractivity contribution is 5.46. The molecule has 1 aliphatic rings. The number of rotatable bonds is 3. The van der Waals surface area contributed by atoms with Gasteiger partial charge in [-0.05, 0) is 48.9 Å². The number of nitrogens with zero attached hydrogens (tertiary/aromatic N) is 2. The molecule has 21 heavy (non-hydrogen) atoms. The van der Waals surface area contributed by atoms with Crippen LogP contribution in [0.5, 0.6) is 0 Å². The SMILES string of the molecule is Cc1cc(N2CCCCC2)ncc1[C@@H](N)c1ccccc1. The smallest absolute Gasteiger partial charge is 0.128 e. The molecule has 1 saturated heterocycles. The Bertz CT molecular complexity index is 589. The number of pyridine rings is 1. The van der Waals surface area contributed by atoms with Gasteiger partial charge in [0.15, 0.2) is 0 Å². The summed E-state index contributed by atoms with van der Waals surface area (Å²) in [5.74, 6) is 1.09. The molecule has 1 aromatic carbocycles. The van der Waals surface area contributed by atoms with Crippen LogP contribution < -0.4 is 10.6 Å². The third-order valence-electron chi connectivity index (χ3n) is 4.31. The molecule has 0 bridgehead atoms. The van der Waals surface area contributed by atoms with E-state index in [9.17, 15) is 0 Å². The van der Waals surface area contributed by atoms with E-state index in [1.165, 1.54) is 24.8 Å². The Morgan fingerprint density at radius 2 is 1.81 bits per heavy atom. The molecule has 3 heteroatoms. The van der Waals surface area contributed by atoms with Crippen molar-refractivity contribution >= 4 is 5.82 Å². The van der Waals surface area contributed by atoms with Crippen LogP contribution in [-0.2, 0) is 0 Å². The Kier molecular flexibility index (Phi) is 4.20. The highest BCUT2D eigenvalue weighted by Gasteiger charge is 2.16. The molecule has 0 amide bonds. The summed E-state index contributed by atoms with van der Waals surface area (Å²) in [5.41, 5.74) is 9.86. The lowest BCUT2D eigenvalue weighted by molar-refractivity contribution is 0.573. The largest absolute Gasteiger partial charge is 0.357 e. The Hall–Kier alpha value is -1.87. The predicted octanol–water partition coefficient (Wildman–Crippen LogP) is 3.43. The van der Waals surface area contributed by atoms with Gasteiger partial charge < -0.3 is 10.6 Å². The van der Waals surface area contributed by atoms with E-state index in [1.807, 2.05) is 24.4 Å². The zero-order chi connectivity index (χ0) is 14.7. The van der Waals surface area contributed by atoms with Crippen molar-refractivity contribution in [3.8, 4) is 0 Å². The summed E-state index contributed by atoms with van der Waals surface area (Å²) in [4.78, 5) is 7.04. The Balaban J connectivity index is 1.84. The van der Waals surface area contributed by atoms with E-state index in [1.54, 1.807) is 0 Å². The maximum Gasteiger partial charge on any atom is 0.128 e. The van der Waals surface area contributed by atoms with Crippen molar-refractivity contribution in [2.24, 2.45) is 5.73 Å². The molecule has 0 aliphatic carbocycles. The van der Waals surface area contributed by atoms with Crippen LogP contribution in [-0.4, -0.2) is 18.1 Å². The number of benzene rings is 1. The number of hydrogen-bond donors (Lipinski definition) is 1. The average molecular weight is 281 g/mol. The molecule has 3 nitrogen and oxygen atoms in total. The van der Waals surface area contributed by atoms with E-state index < -0.39 is 0 Å².